The van der Waals surface area contributed by atoms with E-state index in [1.807, 2.05) is 10.9 Å². The summed E-state index contributed by atoms with van der Waals surface area (Å²) < 4.78 is 51.0. The first-order valence-electron chi connectivity index (χ1n) is 6.60. The number of aromatic nitrogens is 1. The van der Waals surface area contributed by atoms with Crippen LogP contribution in [0.1, 0.15) is 32.1 Å². The van der Waals surface area contributed by atoms with E-state index in [1.165, 1.54) is 25.1 Å². The van der Waals surface area contributed by atoms with E-state index in [0.717, 1.165) is 12.1 Å². The molecular weight excluding hydrogens is 330 g/mol. The Hall–Kier alpha value is -2.97. The standard InChI is InChI=1S/C15H11F4N3O2/c1-8-9(6-7-12(20-8)15(17,18)19)13(23)21-22-14(24)10-4-2-3-5-11(10)16/h2-7H,1H3,(H,21,23)(H,22,24). The molecule has 0 aliphatic carbocycles. The lowest BCUT2D eigenvalue weighted by molar-refractivity contribution is -0.141. The number of nitrogens with zero attached hydrogens (tertiary/aromatic N) is 1. The number of hydrogen-bond donors (Lipinski definition) is 2. The first-order valence-corrected chi connectivity index (χ1v) is 6.60. The van der Waals surface area contributed by atoms with Crippen molar-refractivity contribution in [2.45, 2.75) is 13.1 Å². The molecule has 0 saturated carbocycles. The number of hydrogen-bond acceptors (Lipinski definition) is 3. The number of aryl methyl sites for hydroxylation is 1. The van der Waals surface area contributed by atoms with E-state index in [1.54, 1.807) is 0 Å². The number of benzene rings is 1. The van der Waals surface area contributed by atoms with Crippen molar-refractivity contribution >= 4 is 11.8 Å². The molecule has 126 valence electrons. The van der Waals surface area contributed by atoms with Crippen molar-refractivity contribution in [1.82, 2.24) is 15.8 Å². The van der Waals surface area contributed by atoms with E-state index in [-0.39, 0.29) is 16.8 Å². The molecule has 0 bridgehead atoms. The molecule has 24 heavy (non-hydrogen) atoms. The summed E-state index contributed by atoms with van der Waals surface area (Å²) in [6.45, 7) is 1.23. The molecular formula is C15H11F4N3O2. The van der Waals surface area contributed by atoms with Gasteiger partial charge in [0.15, 0.2) is 0 Å². The van der Waals surface area contributed by atoms with Crippen LogP contribution in [0.2, 0.25) is 0 Å². The highest BCUT2D eigenvalue weighted by atomic mass is 19.4. The van der Waals surface area contributed by atoms with E-state index in [0.29, 0.717) is 6.07 Å². The Labute approximate surface area is 133 Å². The molecule has 0 saturated heterocycles. The van der Waals surface area contributed by atoms with Crippen LogP contribution in [0.5, 0.6) is 0 Å². The first-order chi connectivity index (χ1) is 11.2. The van der Waals surface area contributed by atoms with Crippen molar-refractivity contribution in [3.05, 3.63) is 64.7 Å². The van der Waals surface area contributed by atoms with Gasteiger partial charge in [-0.05, 0) is 31.2 Å². The van der Waals surface area contributed by atoms with Crippen LogP contribution in [0, 0.1) is 12.7 Å². The molecule has 0 spiro atoms. The molecule has 2 rings (SSSR count). The SMILES string of the molecule is Cc1nc(C(F)(F)F)ccc1C(=O)NNC(=O)c1ccccc1F. The minimum atomic E-state index is -4.63. The summed E-state index contributed by atoms with van der Waals surface area (Å²) >= 11 is 0. The highest BCUT2D eigenvalue weighted by Gasteiger charge is 2.33. The Bertz CT molecular complexity index is 791. The van der Waals surface area contributed by atoms with E-state index >= 15 is 0 Å². The quantitative estimate of drug-likeness (QED) is 0.652. The second kappa shape index (κ2) is 6.65. The molecule has 0 aliphatic rings. The number of hydrazine groups is 1. The highest BCUT2D eigenvalue weighted by Crippen LogP contribution is 2.28. The van der Waals surface area contributed by atoms with Gasteiger partial charge in [-0.25, -0.2) is 9.37 Å². The summed E-state index contributed by atoms with van der Waals surface area (Å²) in [6.07, 6.45) is -4.63. The fourth-order valence-corrected chi connectivity index (χ4v) is 1.85. The lowest BCUT2D eigenvalue weighted by Gasteiger charge is -2.11. The molecule has 2 aromatic rings. The largest absolute Gasteiger partial charge is 0.433 e. The summed E-state index contributed by atoms with van der Waals surface area (Å²) in [7, 11) is 0. The summed E-state index contributed by atoms with van der Waals surface area (Å²) in [5.74, 6) is -2.56. The molecule has 1 aromatic heterocycles. The molecule has 0 fully saturated rings. The third kappa shape index (κ3) is 3.86. The number of carbonyl (C=O) groups is 2. The second-order valence-electron chi connectivity index (χ2n) is 4.72. The first kappa shape index (κ1) is 17.4. The van der Waals surface area contributed by atoms with Crippen molar-refractivity contribution in [3.63, 3.8) is 0 Å². The number of rotatable bonds is 2. The fourth-order valence-electron chi connectivity index (χ4n) is 1.85. The van der Waals surface area contributed by atoms with Crippen LogP contribution in [0.3, 0.4) is 0 Å². The number of halogens is 4. The van der Waals surface area contributed by atoms with Gasteiger partial charge in [0.2, 0.25) is 0 Å². The number of amides is 2. The van der Waals surface area contributed by atoms with Crippen molar-refractivity contribution in [3.8, 4) is 0 Å². The fraction of sp³-hybridized carbons (Fsp3) is 0.133. The van der Waals surface area contributed by atoms with Crippen molar-refractivity contribution in [1.29, 1.82) is 0 Å². The third-order valence-electron chi connectivity index (χ3n) is 3.03. The Morgan fingerprint density at radius 3 is 2.08 bits per heavy atom. The van der Waals surface area contributed by atoms with E-state index in [9.17, 15) is 27.2 Å². The lowest BCUT2D eigenvalue weighted by Crippen LogP contribution is -2.42. The van der Waals surface area contributed by atoms with Crippen molar-refractivity contribution in [2.24, 2.45) is 0 Å². The van der Waals surface area contributed by atoms with Gasteiger partial charge in [-0.15, -0.1) is 0 Å². The Morgan fingerprint density at radius 1 is 0.958 bits per heavy atom. The number of pyridine rings is 1. The zero-order chi connectivity index (χ0) is 17.9. The molecule has 9 heteroatoms. The van der Waals surface area contributed by atoms with Crippen LogP contribution in [0.4, 0.5) is 17.6 Å². The van der Waals surface area contributed by atoms with E-state index in [2.05, 4.69) is 4.98 Å². The van der Waals surface area contributed by atoms with Crippen LogP contribution in [-0.4, -0.2) is 16.8 Å². The normalized spacial score (nSPS) is 11.0. The number of nitrogens with one attached hydrogen (secondary N) is 2. The van der Waals surface area contributed by atoms with Crippen LogP contribution < -0.4 is 10.9 Å². The maximum Gasteiger partial charge on any atom is 0.433 e. The molecule has 0 unspecified atom stereocenters. The van der Waals surface area contributed by atoms with Gasteiger partial charge in [-0.1, -0.05) is 12.1 Å². The molecule has 0 aliphatic heterocycles. The minimum absolute atomic E-state index is 0.156. The highest BCUT2D eigenvalue weighted by molar-refractivity contribution is 5.99. The predicted molar refractivity (Wildman–Crippen MR) is 75.3 cm³/mol. The van der Waals surface area contributed by atoms with Gasteiger partial charge in [-0.2, -0.15) is 13.2 Å². The molecule has 1 heterocycles. The van der Waals surface area contributed by atoms with Gasteiger partial charge < -0.3 is 0 Å². The zero-order valence-corrected chi connectivity index (χ0v) is 12.2. The molecule has 0 atom stereocenters. The topological polar surface area (TPSA) is 71.1 Å². The number of alkyl halides is 3. The summed E-state index contributed by atoms with van der Waals surface area (Å²) in [4.78, 5) is 27.0. The predicted octanol–water partition coefficient (Wildman–Crippen LogP) is 2.62. The molecule has 2 amide bonds. The maximum atomic E-state index is 13.4. The molecule has 1 aromatic carbocycles. The zero-order valence-electron chi connectivity index (χ0n) is 12.2. The number of carbonyl (C=O) groups excluding carboxylic acids is 2. The monoisotopic (exact) mass is 341 g/mol. The summed E-state index contributed by atoms with van der Waals surface area (Å²) in [5.41, 5.74) is 2.23. The van der Waals surface area contributed by atoms with Gasteiger partial charge in [0.05, 0.1) is 16.8 Å². The minimum Gasteiger partial charge on any atom is -0.267 e. The van der Waals surface area contributed by atoms with E-state index in [4.69, 9.17) is 0 Å². The Kier molecular flexibility index (Phi) is 4.82. The summed E-state index contributed by atoms with van der Waals surface area (Å²) in [5, 5.41) is 0. The van der Waals surface area contributed by atoms with Crippen LogP contribution in [-0.2, 0) is 6.18 Å². The van der Waals surface area contributed by atoms with Crippen molar-refractivity contribution < 1.29 is 27.2 Å². The van der Waals surface area contributed by atoms with Gasteiger partial charge in [-0.3, -0.25) is 20.4 Å². The molecule has 2 N–H and O–H groups in total. The van der Waals surface area contributed by atoms with Crippen molar-refractivity contribution in [2.75, 3.05) is 0 Å². The van der Waals surface area contributed by atoms with Crippen LogP contribution in [0.15, 0.2) is 36.4 Å². The average Bonchev–Trinajstić information content (AvgIpc) is 2.51. The molecule has 5 nitrogen and oxygen atoms in total. The smallest absolute Gasteiger partial charge is 0.267 e. The van der Waals surface area contributed by atoms with Crippen LogP contribution in [0.25, 0.3) is 0 Å². The Balaban J connectivity index is 2.08. The van der Waals surface area contributed by atoms with Gasteiger partial charge in [0, 0.05) is 0 Å². The van der Waals surface area contributed by atoms with Gasteiger partial charge in [0.25, 0.3) is 11.8 Å². The van der Waals surface area contributed by atoms with E-state index < -0.39 is 29.5 Å². The maximum absolute atomic E-state index is 13.4. The summed E-state index contributed by atoms with van der Waals surface area (Å²) in [6, 6.07) is 6.70. The van der Waals surface area contributed by atoms with Gasteiger partial charge in [0.1, 0.15) is 11.5 Å². The Morgan fingerprint density at radius 2 is 1.54 bits per heavy atom. The average molecular weight is 341 g/mol. The van der Waals surface area contributed by atoms with Crippen LogP contribution >= 0.6 is 0 Å². The van der Waals surface area contributed by atoms with Gasteiger partial charge >= 0.3 is 6.18 Å². The second-order valence-corrected chi connectivity index (χ2v) is 4.72. The third-order valence-corrected chi connectivity index (χ3v) is 3.03. The lowest BCUT2D eigenvalue weighted by atomic mass is 10.1. The molecule has 0 radical (unpaired) electrons.